The van der Waals surface area contributed by atoms with Gasteiger partial charge < -0.3 is 15.7 Å². The standard InChI is InChI=1S/C17H26ClN3O.HI/c1-2-19-17(21-13-8-4-3-5-9-13)20-12-16(22)14-10-6-7-11-15(14)18;/h6-7,10-11,13,16,22H,2-5,8-9,12H2,1H3,(H2,19,20,21);1H. The van der Waals surface area contributed by atoms with Crippen LogP contribution in [0.25, 0.3) is 0 Å². The van der Waals surface area contributed by atoms with Crippen molar-refractivity contribution in [2.75, 3.05) is 13.1 Å². The minimum absolute atomic E-state index is 0. The van der Waals surface area contributed by atoms with Crippen molar-refractivity contribution in [1.82, 2.24) is 10.6 Å². The van der Waals surface area contributed by atoms with E-state index in [0.29, 0.717) is 17.6 Å². The van der Waals surface area contributed by atoms with Crippen molar-refractivity contribution in [3.05, 3.63) is 34.9 Å². The molecule has 0 aliphatic heterocycles. The smallest absolute Gasteiger partial charge is 0.191 e. The van der Waals surface area contributed by atoms with Crippen LogP contribution < -0.4 is 10.6 Å². The minimum atomic E-state index is -0.685. The lowest BCUT2D eigenvalue weighted by molar-refractivity contribution is 0.187. The Labute approximate surface area is 161 Å². The monoisotopic (exact) mass is 451 g/mol. The maximum Gasteiger partial charge on any atom is 0.191 e. The molecule has 0 saturated heterocycles. The number of aliphatic hydroxyl groups excluding tert-OH is 1. The van der Waals surface area contributed by atoms with Gasteiger partial charge in [-0.3, -0.25) is 4.99 Å². The summed E-state index contributed by atoms with van der Waals surface area (Å²) in [5.41, 5.74) is 0.724. The van der Waals surface area contributed by atoms with Crippen LogP contribution in [0.2, 0.25) is 5.02 Å². The second-order valence-electron chi connectivity index (χ2n) is 5.74. The Bertz CT molecular complexity index is 492. The van der Waals surface area contributed by atoms with E-state index in [1.165, 1.54) is 32.1 Å². The Kier molecular flexibility index (Phi) is 9.90. The quantitative estimate of drug-likeness (QED) is 0.362. The summed E-state index contributed by atoms with van der Waals surface area (Å²) in [5.74, 6) is 0.778. The third-order valence-electron chi connectivity index (χ3n) is 3.98. The first-order chi connectivity index (χ1) is 10.7. The molecular weight excluding hydrogens is 425 g/mol. The Hall–Kier alpha value is -0.530. The predicted octanol–water partition coefficient (Wildman–Crippen LogP) is 3.88. The minimum Gasteiger partial charge on any atom is -0.386 e. The molecule has 1 unspecified atom stereocenters. The molecule has 0 amide bonds. The lowest BCUT2D eigenvalue weighted by atomic mass is 9.96. The fraction of sp³-hybridized carbons (Fsp3) is 0.588. The second kappa shape index (κ2) is 11.1. The largest absolute Gasteiger partial charge is 0.386 e. The van der Waals surface area contributed by atoms with Crippen molar-refractivity contribution in [2.24, 2.45) is 4.99 Å². The van der Waals surface area contributed by atoms with Crippen LogP contribution >= 0.6 is 35.6 Å². The molecule has 6 heteroatoms. The van der Waals surface area contributed by atoms with Crippen LogP contribution in [0, 0.1) is 0 Å². The highest BCUT2D eigenvalue weighted by Crippen LogP contribution is 2.22. The molecule has 1 fully saturated rings. The molecule has 3 N–H and O–H groups in total. The van der Waals surface area contributed by atoms with E-state index in [9.17, 15) is 5.11 Å². The highest BCUT2D eigenvalue weighted by atomic mass is 127. The lowest BCUT2D eigenvalue weighted by Crippen LogP contribution is -2.44. The van der Waals surface area contributed by atoms with Crippen molar-refractivity contribution < 1.29 is 5.11 Å². The van der Waals surface area contributed by atoms with E-state index in [0.717, 1.165) is 18.1 Å². The fourth-order valence-electron chi connectivity index (χ4n) is 2.78. The highest BCUT2D eigenvalue weighted by Gasteiger charge is 2.15. The van der Waals surface area contributed by atoms with Crippen molar-refractivity contribution in [3.8, 4) is 0 Å². The first-order valence-electron chi connectivity index (χ1n) is 8.18. The molecule has 1 aromatic rings. The van der Waals surface area contributed by atoms with Crippen LogP contribution in [0.4, 0.5) is 0 Å². The van der Waals surface area contributed by atoms with Crippen LogP contribution in [-0.4, -0.2) is 30.2 Å². The van der Waals surface area contributed by atoms with E-state index in [-0.39, 0.29) is 24.0 Å². The maximum absolute atomic E-state index is 10.3. The predicted molar refractivity (Wildman–Crippen MR) is 108 cm³/mol. The second-order valence-corrected chi connectivity index (χ2v) is 6.14. The van der Waals surface area contributed by atoms with Gasteiger partial charge in [0.1, 0.15) is 6.10 Å². The number of guanidine groups is 1. The molecule has 0 heterocycles. The van der Waals surface area contributed by atoms with Crippen LogP contribution in [0.1, 0.15) is 50.7 Å². The Balaban J connectivity index is 0.00000264. The molecule has 1 atom stereocenters. The summed E-state index contributed by atoms with van der Waals surface area (Å²) < 4.78 is 0. The van der Waals surface area contributed by atoms with E-state index < -0.39 is 6.10 Å². The first kappa shape index (κ1) is 20.5. The highest BCUT2D eigenvalue weighted by molar-refractivity contribution is 14.0. The number of hydrogen-bond donors (Lipinski definition) is 3. The molecule has 0 radical (unpaired) electrons. The number of benzene rings is 1. The number of aliphatic hydroxyl groups is 1. The van der Waals surface area contributed by atoms with E-state index >= 15 is 0 Å². The van der Waals surface area contributed by atoms with Crippen molar-refractivity contribution in [3.63, 3.8) is 0 Å². The van der Waals surface area contributed by atoms with Gasteiger partial charge in [0.05, 0.1) is 6.54 Å². The normalized spacial score (nSPS) is 17.3. The summed E-state index contributed by atoms with van der Waals surface area (Å²) in [6, 6.07) is 7.85. The maximum atomic E-state index is 10.3. The number of rotatable bonds is 5. The van der Waals surface area contributed by atoms with E-state index in [4.69, 9.17) is 11.6 Å². The summed E-state index contributed by atoms with van der Waals surface area (Å²) in [4.78, 5) is 4.51. The molecule has 1 aliphatic rings. The number of nitrogens with one attached hydrogen (secondary N) is 2. The molecular formula is C17H27ClIN3O. The Morgan fingerprint density at radius 3 is 2.65 bits per heavy atom. The topological polar surface area (TPSA) is 56.7 Å². The molecule has 1 aliphatic carbocycles. The number of hydrogen-bond acceptors (Lipinski definition) is 2. The number of aliphatic imine (C=N–C) groups is 1. The van der Waals surface area contributed by atoms with Gasteiger partial charge in [-0.05, 0) is 25.8 Å². The number of nitrogens with zero attached hydrogens (tertiary/aromatic N) is 1. The van der Waals surface area contributed by atoms with Crippen LogP contribution in [0.3, 0.4) is 0 Å². The summed E-state index contributed by atoms with van der Waals surface area (Å²) in [7, 11) is 0. The summed E-state index contributed by atoms with van der Waals surface area (Å²) in [6.07, 6.45) is 5.58. The van der Waals surface area contributed by atoms with Gasteiger partial charge in [-0.2, -0.15) is 0 Å². The molecule has 23 heavy (non-hydrogen) atoms. The van der Waals surface area contributed by atoms with Crippen molar-refractivity contribution in [1.29, 1.82) is 0 Å². The van der Waals surface area contributed by atoms with Gasteiger partial charge >= 0.3 is 0 Å². The number of halogens is 2. The fourth-order valence-corrected chi connectivity index (χ4v) is 3.04. The average molecular weight is 452 g/mol. The third-order valence-corrected chi connectivity index (χ3v) is 4.32. The van der Waals surface area contributed by atoms with Gasteiger partial charge in [0.2, 0.25) is 0 Å². The van der Waals surface area contributed by atoms with Crippen LogP contribution in [-0.2, 0) is 0 Å². The molecule has 1 aromatic carbocycles. The van der Waals surface area contributed by atoms with Gasteiger partial charge in [0.25, 0.3) is 0 Å². The summed E-state index contributed by atoms with van der Waals surface area (Å²) in [5, 5.41) is 17.6. The third kappa shape index (κ3) is 6.85. The Morgan fingerprint density at radius 2 is 2.00 bits per heavy atom. The van der Waals surface area contributed by atoms with Crippen molar-refractivity contribution >= 4 is 41.5 Å². The van der Waals surface area contributed by atoms with Crippen molar-refractivity contribution in [2.45, 2.75) is 51.2 Å². The molecule has 0 bridgehead atoms. The molecule has 2 rings (SSSR count). The summed E-state index contributed by atoms with van der Waals surface area (Å²) >= 11 is 6.11. The lowest BCUT2D eigenvalue weighted by Gasteiger charge is -2.25. The molecule has 130 valence electrons. The molecule has 4 nitrogen and oxygen atoms in total. The summed E-state index contributed by atoms with van der Waals surface area (Å²) in [6.45, 7) is 3.15. The zero-order chi connectivity index (χ0) is 15.8. The Morgan fingerprint density at radius 1 is 1.30 bits per heavy atom. The zero-order valence-electron chi connectivity index (χ0n) is 13.6. The van der Waals surface area contributed by atoms with Gasteiger partial charge in [0.15, 0.2) is 5.96 Å². The van der Waals surface area contributed by atoms with E-state index in [2.05, 4.69) is 15.6 Å². The molecule has 0 spiro atoms. The SMILES string of the molecule is CCNC(=NCC(O)c1ccccc1Cl)NC1CCCCC1.I. The first-order valence-corrected chi connectivity index (χ1v) is 8.56. The zero-order valence-corrected chi connectivity index (χ0v) is 16.7. The van der Waals surface area contributed by atoms with E-state index in [1.54, 1.807) is 6.07 Å². The van der Waals surface area contributed by atoms with Gasteiger partial charge in [-0.25, -0.2) is 0 Å². The van der Waals surface area contributed by atoms with Gasteiger partial charge in [-0.1, -0.05) is 49.1 Å². The van der Waals surface area contributed by atoms with E-state index in [1.807, 2.05) is 25.1 Å². The van der Waals surface area contributed by atoms with Crippen LogP contribution in [0.5, 0.6) is 0 Å². The molecule has 0 aromatic heterocycles. The average Bonchev–Trinajstić information content (AvgIpc) is 2.54. The molecule has 1 saturated carbocycles. The van der Waals surface area contributed by atoms with Gasteiger partial charge in [0, 0.05) is 23.2 Å². The van der Waals surface area contributed by atoms with Crippen LogP contribution in [0.15, 0.2) is 29.3 Å². The van der Waals surface area contributed by atoms with Gasteiger partial charge in [-0.15, -0.1) is 24.0 Å².